The number of amides is 1. The van der Waals surface area contributed by atoms with Crippen molar-refractivity contribution in [1.29, 1.82) is 0 Å². The highest BCUT2D eigenvalue weighted by Gasteiger charge is 2.21. The van der Waals surface area contributed by atoms with Crippen molar-refractivity contribution in [1.82, 2.24) is 9.97 Å². The molecule has 7 heteroatoms. The average molecular weight is 412 g/mol. The second kappa shape index (κ2) is 8.04. The van der Waals surface area contributed by atoms with Crippen LogP contribution >= 0.6 is 22.9 Å². The summed E-state index contributed by atoms with van der Waals surface area (Å²) in [4.78, 5) is 23.6. The van der Waals surface area contributed by atoms with Crippen molar-refractivity contribution < 1.29 is 9.18 Å². The average Bonchev–Trinajstić information content (AvgIpc) is 3.11. The fourth-order valence-electron chi connectivity index (χ4n) is 2.79. The molecule has 0 atom stereocenters. The lowest BCUT2D eigenvalue weighted by molar-refractivity contribution is -0.118. The normalized spacial score (nSPS) is 10.9. The molecule has 2 aromatic carbocycles. The summed E-state index contributed by atoms with van der Waals surface area (Å²) >= 11 is 7.48. The standard InChI is InChI=1S/C21H15ClFN3OS/c22-15-6-9-18-19(12-15)28-21(25-18)26(13-17-3-1-2-10-24-17)20(27)11-14-4-7-16(23)8-5-14/h1-10,12H,11,13H2. The first-order chi connectivity index (χ1) is 13.6. The van der Waals surface area contributed by atoms with E-state index in [0.29, 0.717) is 16.7 Å². The summed E-state index contributed by atoms with van der Waals surface area (Å²) in [5.74, 6) is -0.466. The van der Waals surface area contributed by atoms with Crippen molar-refractivity contribution >= 4 is 44.2 Å². The molecule has 2 heterocycles. The number of halogens is 2. The van der Waals surface area contributed by atoms with Crippen molar-refractivity contribution in [2.24, 2.45) is 0 Å². The quantitative estimate of drug-likeness (QED) is 0.450. The molecule has 0 bridgehead atoms. The van der Waals surface area contributed by atoms with Gasteiger partial charge in [-0.25, -0.2) is 9.37 Å². The molecule has 4 aromatic rings. The first kappa shape index (κ1) is 18.5. The molecule has 0 saturated heterocycles. The van der Waals surface area contributed by atoms with E-state index in [-0.39, 0.29) is 18.1 Å². The van der Waals surface area contributed by atoms with Gasteiger partial charge in [-0.05, 0) is 48.0 Å². The minimum absolute atomic E-state index is 0.137. The minimum Gasteiger partial charge on any atom is -0.282 e. The van der Waals surface area contributed by atoms with Gasteiger partial charge in [0.25, 0.3) is 0 Å². The summed E-state index contributed by atoms with van der Waals surface area (Å²) in [7, 11) is 0. The first-order valence-electron chi connectivity index (χ1n) is 8.59. The maximum atomic E-state index is 13.2. The van der Waals surface area contributed by atoms with E-state index >= 15 is 0 Å². The van der Waals surface area contributed by atoms with Gasteiger partial charge < -0.3 is 0 Å². The molecule has 0 aliphatic heterocycles. The van der Waals surface area contributed by atoms with Gasteiger partial charge >= 0.3 is 0 Å². The van der Waals surface area contributed by atoms with E-state index in [2.05, 4.69) is 9.97 Å². The number of carbonyl (C=O) groups excluding carboxylic acids is 1. The molecule has 140 valence electrons. The molecule has 0 aliphatic rings. The third kappa shape index (κ3) is 4.18. The van der Waals surface area contributed by atoms with Crippen molar-refractivity contribution in [2.75, 3.05) is 4.90 Å². The van der Waals surface area contributed by atoms with Crippen LogP contribution in [0.5, 0.6) is 0 Å². The number of rotatable bonds is 5. The topological polar surface area (TPSA) is 46.1 Å². The lowest BCUT2D eigenvalue weighted by Crippen LogP contribution is -2.32. The fraction of sp³-hybridized carbons (Fsp3) is 0.0952. The van der Waals surface area contributed by atoms with Crippen molar-refractivity contribution in [3.8, 4) is 0 Å². The summed E-state index contributed by atoms with van der Waals surface area (Å²) in [5.41, 5.74) is 2.28. The van der Waals surface area contributed by atoms with E-state index < -0.39 is 0 Å². The SMILES string of the molecule is O=C(Cc1ccc(F)cc1)N(Cc1ccccn1)c1nc2ccc(Cl)cc2s1. The molecular formula is C21H15ClFN3OS. The molecule has 2 aromatic heterocycles. The van der Waals surface area contributed by atoms with E-state index in [1.165, 1.54) is 23.5 Å². The second-order valence-corrected chi connectivity index (χ2v) is 7.66. The summed E-state index contributed by atoms with van der Waals surface area (Å²) in [6.07, 6.45) is 1.83. The number of thiazole rings is 1. The molecular weight excluding hydrogens is 397 g/mol. The summed E-state index contributed by atoms with van der Waals surface area (Å²) in [5, 5.41) is 1.20. The van der Waals surface area contributed by atoms with Crippen LogP contribution in [0, 0.1) is 5.82 Å². The van der Waals surface area contributed by atoms with Gasteiger partial charge in [0.1, 0.15) is 5.82 Å². The fourth-order valence-corrected chi connectivity index (χ4v) is 4.05. The largest absolute Gasteiger partial charge is 0.282 e. The zero-order chi connectivity index (χ0) is 19.5. The Labute approximate surface area is 170 Å². The summed E-state index contributed by atoms with van der Waals surface area (Å²) in [6.45, 7) is 0.300. The molecule has 0 aliphatic carbocycles. The van der Waals surface area contributed by atoms with E-state index in [9.17, 15) is 9.18 Å². The highest BCUT2D eigenvalue weighted by Crippen LogP contribution is 2.31. The van der Waals surface area contributed by atoms with E-state index in [1.807, 2.05) is 30.3 Å². The van der Waals surface area contributed by atoms with Crippen LogP contribution in [0.2, 0.25) is 5.02 Å². The van der Waals surface area contributed by atoms with Crippen molar-refractivity contribution in [3.05, 3.63) is 89.0 Å². The van der Waals surface area contributed by atoms with Crippen LogP contribution < -0.4 is 4.90 Å². The Balaban J connectivity index is 1.67. The predicted octanol–water partition coefficient (Wildman–Crippen LogP) is 5.26. The molecule has 4 rings (SSSR count). The number of aromatic nitrogens is 2. The molecule has 0 unspecified atom stereocenters. The van der Waals surface area contributed by atoms with E-state index in [4.69, 9.17) is 11.6 Å². The molecule has 0 saturated carbocycles. The number of carbonyl (C=O) groups is 1. The highest BCUT2D eigenvalue weighted by atomic mass is 35.5. The number of pyridine rings is 1. The van der Waals surface area contributed by atoms with Crippen LogP contribution in [0.1, 0.15) is 11.3 Å². The number of benzene rings is 2. The second-order valence-electron chi connectivity index (χ2n) is 6.21. The lowest BCUT2D eigenvalue weighted by atomic mass is 10.1. The Morgan fingerprint density at radius 2 is 1.93 bits per heavy atom. The van der Waals surface area contributed by atoms with Crippen LogP contribution in [0.25, 0.3) is 10.2 Å². The maximum absolute atomic E-state index is 13.2. The number of anilines is 1. The van der Waals surface area contributed by atoms with Crippen molar-refractivity contribution in [2.45, 2.75) is 13.0 Å². The van der Waals surface area contributed by atoms with Crippen LogP contribution in [-0.4, -0.2) is 15.9 Å². The van der Waals surface area contributed by atoms with E-state index in [1.54, 1.807) is 29.3 Å². The number of nitrogens with zero attached hydrogens (tertiary/aromatic N) is 3. The van der Waals surface area contributed by atoms with Crippen LogP contribution in [0.4, 0.5) is 9.52 Å². The smallest absolute Gasteiger partial charge is 0.233 e. The summed E-state index contributed by atoms with van der Waals surface area (Å²) < 4.78 is 14.1. The zero-order valence-electron chi connectivity index (χ0n) is 14.7. The van der Waals surface area contributed by atoms with Gasteiger partial charge in [0.05, 0.1) is 28.9 Å². The Kier molecular flexibility index (Phi) is 5.32. The Morgan fingerprint density at radius 1 is 1.11 bits per heavy atom. The molecule has 0 radical (unpaired) electrons. The number of hydrogen-bond donors (Lipinski definition) is 0. The number of fused-ring (bicyclic) bond motifs is 1. The lowest BCUT2D eigenvalue weighted by Gasteiger charge is -2.19. The third-order valence-electron chi connectivity index (χ3n) is 4.19. The molecule has 0 fully saturated rings. The van der Waals surface area contributed by atoms with Gasteiger partial charge in [-0.1, -0.05) is 41.1 Å². The molecule has 0 N–H and O–H groups in total. The highest BCUT2D eigenvalue weighted by molar-refractivity contribution is 7.22. The molecule has 28 heavy (non-hydrogen) atoms. The minimum atomic E-state index is -0.329. The van der Waals surface area contributed by atoms with Gasteiger partial charge in [-0.2, -0.15) is 0 Å². The van der Waals surface area contributed by atoms with E-state index in [0.717, 1.165) is 21.5 Å². The van der Waals surface area contributed by atoms with Crippen LogP contribution in [0.3, 0.4) is 0 Å². The maximum Gasteiger partial charge on any atom is 0.233 e. The Bertz CT molecular complexity index is 1120. The van der Waals surface area contributed by atoms with Gasteiger partial charge in [-0.3, -0.25) is 14.7 Å². The van der Waals surface area contributed by atoms with Gasteiger partial charge in [0.2, 0.25) is 5.91 Å². The Morgan fingerprint density at radius 3 is 2.68 bits per heavy atom. The first-order valence-corrected chi connectivity index (χ1v) is 9.79. The van der Waals surface area contributed by atoms with Crippen LogP contribution in [0.15, 0.2) is 66.9 Å². The van der Waals surface area contributed by atoms with Gasteiger partial charge in [-0.15, -0.1) is 0 Å². The molecule has 1 amide bonds. The zero-order valence-corrected chi connectivity index (χ0v) is 16.3. The van der Waals surface area contributed by atoms with Gasteiger partial charge in [0, 0.05) is 11.2 Å². The third-order valence-corrected chi connectivity index (χ3v) is 5.46. The van der Waals surface area contributed by atoms with Crippen molar-refractivity contribution in [3.63, 3.8) is 0 Å². The van der Waals surface area contributed by atoms with Gasteiger partial charge in [0.15, 0.2) is 5.13 Å². The molecule has 0 spiro atoms. The summed E-state index contributed by atoms with van der Waals surface area (Å²) in [6, 6.07) is 16.9. The molecule has 4 nitrogen and oxygen atoms in total. The monoisotopic (exact) mass is 411 g/mol. The number of hydrogen-bond acceptors (Lipinski definition) is 4. The predicted molar refractivity (Wildman–Crippen MR) is 110 cm³/mol. The van der Waals surface area contributed by atoms with Crippen LogP contribution in [-0.2, 0) is 17.8 Å². The Hall–Kier alpha value is -2.83.